The zero-order chi connectivity index (χ0) is 30.6. The summed E-state index contributed by atoms with van der Waals surface area (Å²) in [6.07, 6.45) is 4.87. The average Bonchev–Trinajstić information content (AvgIpc) is 3.46. The van der Waals surface area contributed by atoms with Gasteiger partial charge in [-0.1, -0.05) is 6.92 Å². The fraction of sp³-hybridized carbons (Fsp3) is 0.258. The number of halogens is 2. The van der Waals surface area contributed by atoms with Gasteiger partial charge >= 0.3 is 0 Å². The van der Waals surface area contributed by atoms with Crippen LogP contribution in [0.2, 0.25) is 0 Å². The minimum atomic E-state index is -0.766. The minimum absolute atomic E-state index is 0.0998. The number of piperidine rings is 1. The number of aromatic nitrogens is 5. The number of H-pyrrole nitrogens is 1. The third kappa shape index (κ3) is 6.13. The highest BCUT2D eigenvalue weighted by molar-refractivity contribution is 6.04. The van der Waals surface area contributed by atoms with Crippen molar-refractivity contribution in [2.75, 3.05) is 31.6 Å². The Morgan fingerprint density at radius 1 is 1.05 bits per heavy atom. The van der Waals surface area contributed by atoms with Crippen LogP contribution in [0.15, 0.2) is 71.8 Å². The summed E-state index contributed by atoms with van der Waals surface area (Å²) < 4.78 is 41.5. The number of fused-ring (bicyclic) bond motifs is 1. The number of hydrogen-bond acceptors (Lipinski definition) is 8. The van der Waals surface area contributed by atoms with Crippen molar-refractivity contribution in [2.24, 2.45) is 5.92 Å². The van der Waals surface area contributed by atoms with E-state index in [-0.39, 0.29) is 22.7 Å². The number of aromatic amines is 1. The molecule has 5 aromatic rings. The molecular formula is C31H29F2N7O4. The van der Waals surface area contributed by atoms with Gasteiger partial charge in [-0.15, -0.1) is 5.10 Å². The Bertz CT molecular complexity index is 1850. The normalized spacial score (nSPS) is 14.1. The molecule has 1 amide bonds. The number of carbonyl (C=O) groups excluding carboxylic acids is 1. The molecule has 226 valence electrons. The smallest absolute Gasteiger partial charge is 0.284 e. The first kappa shape index (κ1) is 28.9. The highest BCUT2D eigenvalue weighted by Gasteiger charge is 2.22. The number of anilines is 1. The summed E-state index contributed by atoms with van der Waals surface area (Å²) in [4.78, 5) is 32.5. The summed E-state index contributed by atoms with van der Waals surface area (Å²) in [6, 6.07) is 11.8. The van der Waals surface area contributed by atoms with Crippen molar-refractivity contribution in [3.8, 4) is 23.1 Å². The van der Waals surface area contributed by atoms with Gasteiger partial charge in [-0.2, -0.15) is 9.78 Å². The lowest BCUT2D eigenvalue weighted by Crippen LogP contribution is -2.35. The van der Waals surface area contributed by atoms with Gasteiger partial charge in [0, 0.05) is 30.2 Å². The maximum Gasteiger partial charge on any atom is 0.284 e. The van der Waals surface area contributed by atoms with Crippen LogP contribution in [0.3, 0.4) is 0 Å². The predicted octanol–water partition coefficient (Wildman–Crippen LogP) is 4.94. The summed E-state index contributed by atoms with van der Waals surface area (Å²) in [7, 11) is 0. The van der Waals surface area contributed by atoms with Gasteiger partial charge in [0.15, 0.2) is 17.2 Å². The first-order valence-corrected chi connectivity index (χ1v) is 14.2. The van der Waals surface area contributed by atoms with Crippen molar-refractivity contribution in [3.05, 3.63) is 94.5 Å². The molecule has 1 saturated heterocycles. The molecule has 2 N–H and O–H groups in total. The van der Waals surface area contributed by atoms with E-state index in [1.54, 1.807) is 6.07 Å². The number of amides is 1. The topological polar surface area (TPSA) is 127 Å². The Kier molecular flexibility index (Phi) is 8.28. The second kappa shape index (κ2) is 12.6. The number of likely N-dealkylation sites (tertiary alicyclic amines) is 1. The van der Waals surface area contributed by atoms with Crippen LogP contribution < -0.4 is 20.3 Å². The SMILES string of the molecule is CCN1CCC(COc2n[nH]c3nccc(Oc4ccc(NC(=O)c5ccnn(-c6ccc(F)cc6)c5=O)cc4F)c23)CC1. The zero-order valence-corrected chi connectivity index (χ0v) is 23.8. The Labute approximate surface area is 250 Å². The van der Waals surface area contributed by atoms with Crippen molar-refractivity contribution in [1.29, 1.82) is 0 Å². The number of nitrogens with one attached hydrogen (secondary N) is 2. The zero-order valence-electron chi connectivity index (χ0n) is 23.8. The lowest BCUT2D eigenvalue weighted by Gasteiger charge is -2.30. The highest BCUT2D eigenvalue weighted by atomic mass is 19.1. The third-order valence-electron chi connectivity index (χ3n) is 7.57. The second-order valence-corrected chi connectivity index (χ2v) is 10.4. The second-order valence-electron chi connectivity index (χ2n) is 10.4. The molecule has 0 atom stereocenters. The maximum absolute atomic E-state index is 15.2. The van der Waals surface area contributed by atoms with Crippen molar-refractivity contribution in [2.45, 2.75) is 19.8 Å². The van der Waals surface area contributed by atoms with Crippen LogP contribution in [-0.2, 0) is 0 Å². The van der Waals surface area contributed by atoms with Crippen LogP contribution in [-0.4, -0.2) is 62.0 Å². The highest BCUT2D eigenvalue weighted by Crippen LogP contribution is 2.36. The Balaban J connectivity index is 1.16. The first-order valence-electron chi connectivity index (χ1n) is 14.2. The van der Waals surface area contributed by atoms with Gasteiger partial charge in [-0.25, -0.2) is 13.8 Å². The van der Waals surface area contributed by atoms with Gasteiger partial charge < -0.3 is 19.7 Å². The monoisotopic (exact) mass is 601 g/mol. The first-order chi connectivity index (χ1) is 21.4. The molecule has 0 spiro atoms. The number of ether oxygens (including phenoxy) is 2. The largest absolute Gasteiger partial charge is 0.476 e. The molecule has 4 heterocycles. The van der Waals surface area contributed by atoms with Gasteiger partial charge in [0.2, 0.25) is 5.88 Å². The van der Waals surface area contributed by atoms with Crippen molar-refractivity contribution in [3.63, 3.8) is 0 Å². The van der Waals surface area contributed by atoms with Crippen LogP contribution >= 0.6 is 0 Å². The number of carbonyl (C=O) groups is 1. The van der Waals surface area contributed by atoms with Crippen LogP contribution in [0.25, 0.3) is 16.7 Å². The van der Waals surface area contributed by atoms with Gasteiger partial charge in [0.05, 0.1) is 12.3 Å². The number of rotatable bonds is 9. The number of hydrogen-bond donors (Lipinski definition) is 2. The van der Waals surface area contributed by atoms with E-state index < -0.39 is 23.1 Å². The van der Waals surface area contributed by atoms with E-state index in [9.17, 15) is 14.0 Å². The van der Waals surface area contributed by atoms with Gasteiger partial charge in [-0.3, -0.25) is 14.7 Å². The van der Waals surface area contributed by atoms with E-state index in [1.807, 2.05) is 0 Å². The number of pyridine rings is 1. The molecule has 2 aromatic carbocycles. The summed E-state index contributed by atoms with van der Waals surface area (Å²) in [6.45, 7) is 5.77. The molecule has 6 rings (SSSR count). The summed E-state index contributed by atoms with van der Waals surface area (Å²) >= 11 is 0. The van der Waals surface area contributed by atoms with E-state index in [4.69, 9.17) is 9.47 Å². The molecule has 3 aromatic heterocycles. The quantitative estimate of drug-likeness (QED) is 0.243. The standard InChI is InChI=1S/C31H29F2N7O4/c1-2-39-15-11-19(12-16-39)18-43-30-27-26(10-13-34-28(27)37-38-30)44-25-8-5-21(17-24(25)33)36-29(41)23-9-14-35-40(31(23)42)22-6-3-20(32)4-7-22/h3-10,13-14,17,19H,2,11-12,15-16,18H2,1H3,(H,36,41)(H,34,37,38). The van der Waals surface area contributed by atoms with Gasteiger partial charge in [0.1, 0.15) is 22.5 Å². The molecule has 0 aliphatic carbocycles. The Morgan fingerprint density at radius 3 is 2.59 bits per heavy atom. The lowest BCUT2D eigenvalue weighted by molar-refractivity contribution is 0.102. The van der Waals surface area contributed by atoms with E-state index >= 15 is 4.39 Å². The van der Waals surface area contributed by atoms with Gasteiger partial charge in [0.25, 0.3) is 11.5 Å². The van der Waals surface area contributed by atoms with Gasteiger partial charge in [-0.05, 0) is 80.9 Å². The summed E-state index contributed by atoms with van der Waals surface area (Å²) in [5, 5.41) is 14.1. The molecule has 1 aliphatic heterocycles. The molecule has 0 bridgehead atoms. The lowest BCUT2D eigenvalue weighted by atomic mass is 9.98. The molecule has 44 heavy (non-hydrogen) atoms. The molecule has 0 saturated carbocycles. The third-order valence-corrected chi connectivity index (χ3v) is 7.57. The number of nitrogens with zero attached hydrogens (tertiary/aromatic N) is 5. The summed E-state index contributed by atoms with van der Waals surface area (Å²) in [5.41, 5.74) is -0.125. The van der Waals surface area contributed by atoms with Crippen molar-refractivity contribution in [1.82, 2.24) is 29.9 Å². The molecule has 1 aliphatic rings. The molecule has 11 nitrogen and oxygen atoms in total. The minimum Gasteiger partial charge on any atom is -0.476 e. The van der Waals surface area contributed by atoms with Crippen molar-refractivity contribution < 1.29 is 23.0 Å². The Hall–Kier alpha value is -5.17. The predicted molar refractivity (Wildman–Crippen MR) is 158 cm³/mol. The molecule has 0 radical (unpaired) electrons. The van der Waals surface area contributed by atoms with E-state index in [0.717, 1.165) is 43.2 Å². The van der Waals surface area contributed by atoms with Crippen LogP contribution in [0.4, 0.5) is 14.5 Å². The molecule has 1 fully saturated rings. The molecule has 0 unspecified atom stereocenters. The van der Waals surface area contributed by atoms with E-state index in [2.05, 4.69) is 37.4 Å². The van der Waals surface area contributed by atoms with E-state index in [0.29, 0.717) is 35.2 Å². The maximum atomic E-state index is 15.2. The van der Waals surface area contributed by atoms with E-state index in [1.165, 1.54) is 54.9 Å². The van der Waals surface area contributed by atoms with Crippen molar-refractivity contribution >= 4 is 22.6 Å². The fourth-order valence-electron chi connectivity index (χ4n) is 5.08. The number of benzene rings is 2. The van der Waals surface area contributed by atoms with Crippen LogP contribution in [0, 0.1) is 17.6 Å². The Morgan fingerprint density at radius 2 is 1.84 bits per heavy atom. The fourth-order valence-corrected chi connectivity index (χ4v) is 5.08. The summed E-state index contributed by atoms with van der Waals surface area (Å²) in [5.74, 6) is -1.06. The van der Waals surface area contributed by atoms with Crippen LogP contribution in [0.5, 0.6) is 17.4 Å². The molecular weight excluding hydrogens is 572 g/mol. The van der Waals surface area contributed by atoms with Crippen LogP contribution in [0.1, 0.15) is 30.1 Å². The average molecular weight is 602 g/mol. The molecule has 13 heteroatoms.